The number of aryl methyl sites for hydroxylation is 1. The Morgan fingerprint density at radius 2 is 2.06 bits per heavy atom. The van der Waals surface area contributed by atoms with Gasteiger partial charge in [0.2, 0.25) is 0 Å². The van der Waals surface area contributed by atoms with Crippen LogP contribution in [0.1, 0.15) is 11.3 Å². The molecule has 1 aromatic carbocycles. The molecule has 0 radical (unpaired) electrons. The minimum atomic E-state index is 0.612. The van der Waals surface area contributed by atoms with E-state index in [-0.39, 0.29) is 0 Å². The van der Waals surface area contributed by atoms with Gasteiger partial charge in [-0.3, -0.25) is 4.98 Å². The first-order chi connectivity index (χ1) is 8.58. The lowest BCUT2D eigenvalue weighted by Crippen LogP contribution is -2.12. The number of fused-ring (bicyclic) bond motifs is 1. The van der Waals surface area contributed by atoms with Gasteiger partial charge >= 0.3 is 0 Å². The van der Waals surface area contributed by atoms with Gasteiger partial charge in [0.1, 0.15) is 11.8 Å². The molecular weight excluding hydrogens is 226 g/mol. The van der Waals surface area contributed by atoms with E-state index in [1.807, 2.05) is 44.1 Å². The molecular formula is C14H15N3O. The number of aromatic nitrogens is 1. The molecule has 0 aliphatic carbocycles. The van der Waals surface area contributed by atoms with Gasteiger partial charge in [-0.1, -0.05) is 0 Å². The average Bonchev–Trinajstić information content (AvgIpc) is 2.36. The van der Waals surface area contributed by atoms with Crippen molar-refractivity contribution in [2.24, 2.45) is 0 Å². The molecule has 0 saturated carbocycles. The molecule has 2 rings (SSSR count). The standard InChI is InChI=1S/C14H15N3O/c1-9-12(8-15)14(17(2)3)11-7-10(18-4)5-6-13(11)16-9/h5-7H,1-4H3. The lowest BCUT2D eigenvalue weighted by atomic mass is 10.1. The molecule has 1 heterocycles. The summed E-state index contributed by atoms with van der Waals surface area (Å²) in [6, 6.07) is 7.93. The first-order valence-corrected chi connectivity index (χ1v) is 5.64. The molecule has 0 aliphatic rings. The third kappa shape index (κ3) is 1.84. The van der Waals surface area contributed by atoms with Crippen LogP contribution in [0.4, 0.5) is 5.69 Å². The Kier molecular flexibility index (Phi) is 3.07. The van der Waals surface area contributed by atoms with Crippen molar-refractivity contribution >= 4 is 16.6 Å². The molecule has 0 amide bonds. The first kappa shape index (κ1) is 12.2. The predicted molar refractivity (Wildman–Crippen MR) is 72.1 cm³/mol. The summed E-state index contributed by atoms with van der Waals surface area (Å²) in [5.41, 5.74) is 3.12. The highest BCUT2D eigenvalue weighted by atomic mass is 16.5. The summed E-state index contributed by atoms with van der Waals surface area (Å²) in [5.74, 6) is 0.764. The highest BCUT2D eigenvalue weighted by Gasteiger charge is 2.14. The average molecular weight is 241 g/mol. The van der Waals surface area contributed by atoms with Gasteiger partial charge in [0.25, 0.3) is 0 Å². The largest absolute Gasteiger partial charge is 0.497 e. The van der Waals surface area contributed by atoms with Gasteiger partial charge in [0, 0.05) is 19.5 Å². The number of methoxy groups -OCH3 is 1. The molecule has 0 unspecified atom stereocenters. The Morgan fingerprint density at radius 3 is 2.61 bits per heavy atom. The number of nitrogens with zero attached hydrogens (tertiary/aromatic N) is 3. The third-order valence-corrected chi connectivity index (χ3v) is 2.90. The van der Waals surface area contributed by atoms with Crippen LogP contribution in [0.2, 0.25) is 0 Å². The Bertz CT molecular complexity index is 642. The van der Waals surface area contributed by atoms with Gasteiger partial charge in [0.15, 0.2) is 0 Å². The zero-order chi connectivity index (χ0) is 13.3. The predicted octanol–water partition coefficient (Wildman–Crippen LogP) is 2.49. The minimum absolute atomic E-state index is 0.612. The molecule has 0 N–H and O–H groups in total. The van der Waals surface area contributed by atoms with Crippen LogP contribution in [0.3, 0.4) is 0 Å². The summed E-state index contributed by atoms with van der Waals surface area (Å²) in [7, 11) is 5.48. The maximum Gasteiger partial charge on any atom is 0.119 e. The highest BCUT2D eigenvalue weighted by Crippen LogP contribution is 2.32. The van der Waals surface area contributed by atoms with Crippen molar-refractivity contribution in [3.8, 4) is 11.8 Å². The Balaban J connectivity index is 2.90. The van der Waals surface area contributed by atoms with Crippen LogP contribution in [0, 0.1) is 18.3 Å². The summed E-state index contributed by atoms with van der Waals surface area (Å²) in [6.45, 7) is 1.86. The summed E-state index contributed by atoms with van der Waals surface area (Å²) in [5, 5.41) is 10.2. The molecule has 0 spiro atoms. The fourth-order valence-electron chi connectivity index (χ4n) is 2.07. The van der Waals surface area contributed by atoms with Gasteiger partial charge in [0.05, 0.1) is 29.6 Å². The summed E-state index contributed by atoms with van der Waals surface area (Å²) < 4.78 is 5.23. The van der Waals surface area contributed by atoms with Crippen LogP contribution in [-0.2, 0) is 0 Å². The summed E-state index contributed by atoms with van der Waals surface area (Å²) in [6.07, 6.45) is 0. The van der Waals surface area contributed by atoms with Crippen molar-refractivity contribution in [3.63, 3.8) is 0 Å². The number of hydrogen-bond donors (Lipinski definition) is 0. The van der Waals surface area contributed by atoms with E-state index in [1.54, 1.807) is 7.11 Å². The lowest BCUT2D eigenvalue weighted by Gasteiger charge is -2.18. The zero-order valence-electron chi connectivity index (χ0n) is 11.0. The van der Waals surface area contributed by atoms with E-state index in [0.717, 1.165) is 28.0 Å². The van der Waals surface area contributed by atoms with Crippen LogP contribution in [-0.4, -0.2) is 26.2 Å². The lowest BCUT2D eigenvalue weighted by molar-refractivity contribution is 0.415. The molecule has 2 aromatic rings. The van der Waals surface area contributed by atoms with E-state index in [0.29, 0.717) is 5.56 Å². The normalized spacial score (nSPS) is 10.2. The van der Waals surface area contributed by atoms with Crippen molar-refractivity contribution in [1.82, 2.24) is 4.98 Å². The Morgan fingerprint density at radius 1 is 1.33 bits per heavy atom. The van der Waals surface area contributed by atoms with Gasteiger partial charge in [-0.15, -0.1) is 0 Å². The van der Waals surface area contributed by atoms with E-state index in [9.17, 15) is 5.26 Å². The van der Waals surface area contributed by atoms with Crippen LogP contribution in [0.5, 0.6) is 5.75 Å². The molecule has 4 heteroatoms. The van der Waals surface area contributed by atoms with Crippen LogP contribution >= 0.6 is 0 Å². The second-order valence-corrected chi connectivity index (χ2v) is 4.31. The fraction of sp³-hybridized carbons (Fsp3) is 0.286. The van der Waals surface area contributed by atoms with Crippen molar-refractivity contribution in [1.29, 1.82) is 5.26 Å². The van der Waals surface area contributed by atoms with E-state index in [1.165, 1.54) is 0 Å². The quantitative estimate of drug-likeness (QED) is 0.810. The third-order valence-electron chi connectivity index (χ3n) is 2.90. The second kappa shape index (κ2) is 4.53. The molecule has 0 aliphatic heterocycles. The molecule has 18 heavy (non-hydrogen) atoms. The SMILES string of the molecule is COc1ccc2nc(C)c(C#N)c(N(C)C)c2c1. The number of hydrogen-bond acceptors (Lipinski definition) is 4. The topological polar surface area (TPSA) is 49.1 Å². The van der Waals surface area contributed by atoms with Gasteiger partial charge in [-0.25, -0.2) is 0 Å². The van der Waals surface area contributed by atoms with E-state index in [2.05, 4.69) is 11.1 Å². The molecule has 0 saturated heterocycles. The van der Waals surface area contributed by atoms with E-state index < -0.39 is 0 Å². The van der Waals surface area contributed by atoms with Crippen molar-refractivity contribution in [2.45, 2.75) is 6.92 Å². The number of rotatable bonds is 2. The van der Waals surface area contributed by atoms with Crippen LogP contribution in [0.25, 0.3) is 10.9 Å². The zero-order valence-corrected chi connectivity index (χ0v) is 11.0. The van der Waals surface area contributed by atoms with Crippen molar-refractivity contribution < 1.29 is 4.74 Å². The monoisotopic (exact) mass is 241 g/mol. The number of pyridine rings is 1. The summed E-state index contributed by atoms with van der Waals surface area (Å²) >= 11 is 0. The van der Waals surface area contributed by atoms with Crippen molar-refractivity contribution in [2.75, 3.05) is 26.1 Å². The second-order valence-electron chi connectivity index (χ2n) is 4.31. The maximum absolute atomic E-state index is 9.29. The van der Waals surface area contributed by atoms with E-state index in [4.69, 9.17) is 4.74 Å². The number of nitriles is 1. The van der Waals surface area contributed by atoms with Crippen LogP contribution < -0.4 is 9.64 Å². The number of anilines is 1. The Hall–Kier alpha value is -2.28. The minimum Gasteiger partial charge on any atom is -0.497 e. The van der Waals surface area contributed by atoms with Crippen molar-refractivity contribution in [3.05, 3.63) is 29.5 Å². The molecule has 4 nitrogen and oxygen atoms in total. The molecule has 1 aromatic heterocycles. The molecule has 0 bridgehead atoms. The maximum atomic E-state index is 9.29. The van der Waals surface area contributed by atoms with Gasteiger partial charge in [-0.2, -0.15) is 5.26 Å². The fourth-order valence-corrected chi connectivity index (χ4v) is 2.07. The molecule has 92 valence electrons. The first-order valence-electron chi connectivity index (χ1n) is 5.64. The molecule has 0 atom stereocenters. The Labute approximate surface area is 106 Å². The van der Waals surface area contributed by atoms with Gasteiger partial charge < -0.3 is 9.64 Å². The molecule has 0 fully saturated rings. The number of benzene rings is 1. The highest BCUT2D eigenvalue weighted by molar-refractivity contribution is 5.95. The van der Waals surface area contributed by atoms with Crippen LogP contribution in [0.15, 0.2) is 18.2 Å². The van der Waals surface area contributed by atoms with Gasteiger partial charge in [-0.05, 0) is 25.1 Å². The summed E-state index contributed by atoms with van der Waals surface area (Å²) in [4.78, 5) is 6.40. The number of ether oxygens (including phenoxy) is 1. The van der Waals surface area contributed by atoms with E-state index >= 15 is 0 Å². The smallest absolute Gasteiger partial charge is 0.119 e.